The summed E-state index contributed by atoms with van der Waals surface area (Å²) in [6, 6.07) is 16.8. The van der Waals surface area contributed by atoms with Crippen LogP contribution in [0.1, 0.15) is 55.5 Å². The zero-order valence-electron chi connectivity index (χ0n) is 18.6. The van der Waals surface area contributed by atoms with E-state index in [2.05, 4.69) is 10.6 Å². The number of benzene rings is 3. The second-order valence-corrected chi connectivity index (χ2v) is 7.93. The molecule has 0 saturated heterocycles. The number of amides is 4. The molecule has 0 saturated carbocycles. The molecule has 166 valence electrons. The first kappa shape index (κ1) is 22.0. The normalized spacial score (nSPS) is 12.5. The van der Waals surface area contributed by atoms with Gasteiger partial charge in [-0.05, 0) is 67.4 Å². The molecule has 0 fully saturated rings. The van der Waals surface area contributed by atoms with Gasteiger partial charge in [-0.2, -0.15) is 0 Å². The Balaban J connectivity index is 1.58. The molecule has 1 aliphatic heterocycles. The molecule has 3 aromatic carbocycles. The van der Waals surface area contributed by atoms with Crippen LogP contribution in [0, 0.1) is 13.8 Å². The van der Waals surface area contributed by atoms with Crippen LogP contribution in [0.3, 0.4) is 0 Å². The Morgan fingerprint density at radius 2 is 1.52 bits per heavy atom. The molecule has 0 aliphatic carbocycles. The second-order valence-electron chi connectivity index (χ2n) is 7.93. The SMILES string of the molecule is CCC(=O)Nc1cccc(NC(=O)c2ccc3c(c2)C(=O)N(c2cc(C)ccc2C)C3=O)c1. The number of hydrogen-bond donors (Lipinski definition) is 2. The summed E-state index contributed by atoms with van der Waals surface area (Å²) < 4.78 is 0. The molecule has 0 radical (unpaired) electrons. The molecule has 0 bridgehead atoms. The maximum absolute atomic E-state index is 13.1. The van der Waals surface area contributed by atoms with E-state index in [1.807, 2.05) is 26.0 Å². The lowest BCUT2D eigenvalue weighted by molar-refractivity contribution is -0.115. The number of imide groups is 1. The largest absolute Gasteiger partial charge is 0.326 e. The van der Waals surface area contributed by atoms with Gasteiger partial charge in [0.05, 0.1) is 16.8 Å². The minimum absolute atomic E-state index is 0.131. The lowest BCUT2D eigenvalue weighted by Gasteiger charge is -2.17. The Bertz CT molecular complexity index is 1310. The average molecular weight is 441 g/mol. The van der Waals surface area contributed by atoms with Crippen LogP contribution >= 0.6 is 0 Å². The van der Waals surface area contributed by atoms with Crippen LogP contribution in [0.5, 0.6) is 0 Å². The van der Waals surface area contributed by atoms with Crippen LogP contribution in [0.25, 0.3) is 0 Å². The summed E-state index contributed by atoms with van der Waals surface area (Å²) in [4.78, 5) is 51.7. The van der Waals surface area contributed by atoms with Gasteiger partial charge >= 0.3 is 0 Å². The van der Waals surface area contributed by atoms with Gasteiger partial charge in [0, 0.05) is 23.4 Å². The Kier molecular flexibility index (Phi) is 5.79. The third-order valence-electron chi connectivity index (χ3n) is 5.48. The fourth-order valence-corrected chi connectivity index (χ4v) is 3.69. The monoisotopic (exact) mass is 441 g/mol. The lowest BCUT2D eigenvalue weighted by atomic mass is 10.1. The number of rotatable bonds is 5. The van der Waals surface area contributed by atoms with Gasteiger partial charge in [-0.25, -0.2) is 4.90 Å². The highest BCUT2D eigenvalue weighted by Crippen LogP contribution is 2.32. The third kappa shape index (κ3) is 4.25. The van der Waals surface area contributed by atoms with E-state index >= 15 is 0 Å². The van der Waals surface area contributed by atoms with Gasteiger partial charge in [-0.3, -0.25) is 19.2 Å². The highest BCUT2D eigenvalue weighted by Gasteiger charge is 2.37. The number of carbonyl (C=O) groups is 4. The van der Waals surface area contributed by atoms with Crippen molar-refractivity contribution in [2.45, 2.75) is 27.2 Å². The van der Waals surface area contributed by atoms with Crippen LogP contribution < -0.4 is 15.5 Å². The molecule has 4 rings (SSSR count). The Hall–Kier alpha value is -4.26. The van der Waals surface area contributed by atoms with Crippen LogP contribution in [-0.2, 0) is 4.79 Å². The average Bonchev–Trinajstić information content (AvgIpc) is 3.05. The van der Waals surface area contributed by atoms with Crippen molar-refractivity contribution >= 4 is 40.7 Å². The molecular weight excluding hydrogens is 418 g/mol. The number of aryl methyl sites for hydroxylation is 2. The summed E-state index contributed by atoms with van der Waals surface area (Å²) in [6.07, 6.45) is 0.345. The van der Waals surface area contributed by atoms with E-state index in [-0.39, 0.29) is 22.6 Å². The topological polar surface area (TPSA) is 95.6 Å². The van der Waals surface area contributed by atoms with Gasteiger partial charge < -0.3 is 10.6 Å². The smallest absolute Gasteiger partial charge is 0.266 e. The highest BCUT2D eigenvalue weighted by atomic mass is 16.2. The molecule has 0 aromatic heterocycles. The van der Waals surface area contributed by atoms with Crippen molar-refractivity contribution < 1.29 is 19.2 Å². The fraction of sp³-hybridized carbons (Fsp3) is 0.154. The minimum Gasteiger partial charge on any atom is -0.326 e. The summed E-state index contributed by atoms with van der Waals surface area (Å²) in [5.74, 6) is -1.42. The van der Waals surface area contributed by atoms with Crippen molar-refractivity contribution in [1.29, 1.82) is 0 Å². The maximum Gasteiger partial charge on any atom is 0.266 e. The number of anilines is 3. The number of hydrogen-bond acceptors (Lipinski definition) is 4. The predicted molar refractivity (Wildman–Crippen MR) is 127 cm³/mol. The van der Waals surface area contributed by atoms with Crippen LogP contribution in [0.4, 0.5) is 17.1 Å². The molecular formula is C26H23N3O4. The molecule has 7 heteroatoms. The maximum atomic E-state index is 13.1. The van der Waals surface area contributed by atoms with Crippen molar-refractivity contribution in [3.8, 4) is 0 Å². The second kappa shape index (κ2) is 8.70. The number of nitrogens with one attached hydrogen (secondary N) is 2. The summed E-state index contributed by atoms with van der Waals surface area (Å²) in [6.45, 7) is 5.49. The Morgan fingerprint density at radius 3 is 2.24 bits per heavy atom. The van der Waals surface area contributed by atoms with Gasteiger partial charge in [0.1, 0.15) is 0 Å². The van der Waals surface area contributed by atoms with E-state index in [9.17, 15) is 19.2 Å². The predicted octanol–water partition coefficient (Wildman–Crippen LogP) is 4.70. The van der Waals surface area contributed by atoms with Gasteiger partial charge in [0.15, 0.2) is 0 Å². The van der Waals surface area contributed by atoms with Crippen molar-refractivity contribution in [3.63, 3.8) is 0 Å². The van der Waals surface area contributed by atoms with E-state index in [0.29, 0.717) is 23.5 Å². The van der Waals surface area contributed by atoms with Gasteiger partial charge in [0.25, 0.3) is 17.7 Å². The molecule has 33 heavy (non-hydrogen) atoms. The van der Waals surface area contributed by atoms with Gasteiger partial charge in [0.2, 0.25) is 5.91 Å². The van der Waals surface area contributed by atoms with Gasteiger partial charge in [-0.1, -0.05) is 25.1 Å². The lowest BCUT2D eigenvalue weighted by Crippen LogP contribution is -2.30. The highest BCUT2D eigenvalue weighted by molar-refractivity contribution is 6.35. The molecule has 3 aromatic rings. The van der Waals surface area contributed by atoms with Crippen LogP contribution in [-0.4, -0.2) is 23.6 Å². The van der Waals surface area contributed by atoms with E-state index in [1.165, 1.54) is 18.2 Å². The minimum atomic E-state index is -0.456. The molecule has 1 aliphatic rings. The van der Waals surface area contributed by atoms with E-state index < -0.39 is 17.7 Å². The summed E-state index contributed by atoms with van der Waals surface area (Å²) >= 11 is 0. The van der Waals surface area contributed by atoms with Crippen molar-refractivity contribution in [2.75, 3.05) is 15.5 Å². The first-order valence-electron chi connectivity index (χ1n) is 10.6. The Labute approximate surface area is 191 Å². The standard InChI is InChI=1S/C26H23N3O4/c1-4-23(30)27-18-6-5-7-19(14-18)28-24(31)17-10-11-20-21(13-17)26(33)29(25(20)32)22-12-15(2)8-9-16(22)3/h5-14H,4H2,1-3H3,(H,27,30)(H,28,31). The van der Waals surface area contributed by atoms with Crippen molar-refractivity contribution in [1.82, 2.24) is 0 Å². The van der Waals surface area contributed by atoms with Crippen LogP contribution in [0.2, 0.25) is 0 Å². The van der Waals surface area contributed by atoms with E-state index in [0.717, 1.165) is 16.0 Å². The van der Waals surface area contributed by atoms with E-state index in [4.69, 9.17) is 0 Å². The third-order valence-corrected chi connectivity index (χ3v) is 5.48. The summed E-state index contributed by atoms with van der Waals surface area (Å²) in [7, 11) is 0. The molecule has 4 amide bonds. The van der Waals surface area contributed by atoms with Crippen LogP contribution in [0.15, 0.2) is 60.7 Å². The Morgan fingerprint density at radius 1 is 0.818 bits per heavy atom. The fourth-order valence-electron chi connectivity index (χ4n) is 3.69. The number of nitrogens with zero attached hydrogens (tertiary/aromatic N) is 1. The molecule has 1 heterocycles. The zero-order valence-corrected chi connectivity index (χ0v) is 18.6. The number of carbonyl (C=O) groups excluding carboxylic acids is 4. The number of fused-ring (bicyclic) bond motifs is 1. The molecule has 0 unspecified atom stereocenters. The van der Waals surface area contributed by atoms with E-state index in [1.54, 1.807) is 37.3 Å². The molecule has 2 N–H and O–H groups in total. The zero-order chi connectivity index (χ0) is 23.7. The quantitative estimate of drug-likeness (QED) is 0.561. The molecule has 7 nitrogen and oxygen atoms in total. The summed E-state index contributed by atoms with van der Waals surface area (Å²) in [5, 5.41) is 5.51. The first-order valence-corrected chi connectivity index (χ1v) is 10.6. The van der Waals surface area contributed by atoms with Gasteiger partial charge in [-0.15, -0.1) is 0 Å². The first-order chi connectivity index (χ1) is 15.8. The van der Waals surface area contributed by atoms with Crippen molar-refractivity contribution in [3.05, 3.63) is 88.5 Å². The molecule has 0 atom stereocenters. The summed E-state index contributed by atoms with van der Waals surface area (Å²) in [5.41, 5.74) is 4.05. The van der Waals surface area contributed by atoms with Crippen molar-refractivity contribution in [2.24, 2.45) is 0 Å². The molecule has 0 spiro atoms.